The Morgan fingerprint density at radius 1 is 1.53 bits per heavy atom. The van der Waals surface area contributed by atoms with E-state index in [1.165, 1.54) is 18.2 Å². The molecule has 1 saturated carbocycles. The fraction of sp³-hybridized carbons (Fsp3) is 0.333. The number of halogens is 2. The van der Waals surface area contributed by atoms with Crippen LogP contribution in [0, 0.1) is 11.2 Å². The van der Waals surface area contributed by atoms with Crippen LogP contribution in [0.25, 0.3) is 0 Å². The number of nitrogens with one attached hydrogen (secondary N) is 1. The Bertz CT molecular complexity index is 544. The summed E-state index contributed by atoms with van der Waals surface area (Å²) < 4.78 is 13.4. The first-order valence-corrected chi connectivity index (χ1v) is 6.53. The fourth-order valence-corrected chi connectivity index (χ4v) is 2.51. The van der Waals surface area contributed by atoms with Crippen LogP contribution in [0.1, 0.15) is 19.3 Å². The number of amides is 1. The largest absolute Gasteiger partial charge is 0.409 e. The van der Waals surface area contributed by atoms with E-state index in [-0.39, 0.29) is 11.7 Å². The molecule has 1 fully saturated rings. The number of nitrogens with two attached hydrogens (primary N) is 1. The molecule has 102 valence electrons. The van der Waals surface area contributed by atoms with Gasteiger partial charge in [0.15, 0.2) is 5.84 Å². The molecule has 7 heteroatoms. The summed E-state index contributed by atoms with van der Waals surface area (Å²) in [5.74, 6) is -0.837. The van der Waals surface area contributed by atoms with E-state index in [1.54, 1.807) is 0 Å². The maximum Gasteiger partial charge on any atom is 0.238 e. The van der Waals surface area contributed by atoms with Crippen LogP contribution >= 0.6 is 15.9 Å². The van der Waals surface area contributed by atoms with Crippen LogP contribution in [0.4, 0.5) is 10.1 Å². The van der Waals surface area contributed by atoms with Gasteiger partial charge in [0.2, 0.25) is 5.91 Å². The van der Waals surface area contributed by atoms with Crippen LogP contribution in [0.5, 0.6) is 0 Å². The Morgan fingerprint density at radius 3 is 2.68 bits per heavy atom. The van der Waals surface area contributed by atoms with Crippen LogP contribution in [-0.4, -0.2) is 17.0 Å². The molecule has 2 rings (SSSR count). The lowest BCUT2D eigenvalue weighted by molar-refractivity contribution is -0.125. The van der Waals surface area contributed by atoms with Crippen molar-refractivity contribution in [2.75, 3.05) is 5.32 Å². The number of carbonyl (C=O) groups is 1. The van der Waals surface area contributed by atoms with Crippen LogP contribution in [0.15, 0.2) is 27.8 Å². The molecule has 0 aromatic heterocycles. The predicted octanol–water partition coefficient (Wildman–Crippen LogP) is 2.44. The quantitative estimate of drug-likeness (QED) is 0.344. The summed E-state index contributed by atoms with van der Waals surface area (Å²) in [4.78, 5) is 12.3. The van der Waals surface area contributed by atoms with Gasteiger partial charge in [-0.15, -0.1) is 0 Å². The number of nitrogens with zero attached hydrogens (tertiary/aromatic N) is 1. The van der Waals surface area contributed by atoms with Crippen LogP contribution in [0.2, 0.25) is 0 Å². The highest BCUT2D eigenvalue weighted by atomic mass is 79.9. The zero-order valence-corrected chi connectivity index (χ0v) is 11.6. The first-order valence-electron chi connectivity index (χ1n) is 5.74. The first-order chi connectivity index (χ1) is 8.99. The average Bonchev–Trinajstić information content (AvgIpc) is 2.31. The van der Waals surface area contributed by atoms with Crippen molar-refractivity contribution in [2.45, 2.75) is 19.3 Å². The zero-order chi connectivity index (χ0) is 14.0. The van der Waals surface area contributed by atoms with Crippen molar-refractivity contribution in [3.8, 4) is 0 Å². The van der Waals surface area contributed by atoms with Gasteiger partial charge < -0.3 is 16.3 Å². The molecular formula is C12H13BrFN3O2. The number of hydrogen-bond acceptors (Lipinski definition) is 3. The number of oxime groups is 1. The van der Waals surface area contributed by atoms with E-state index < -0.39 is 11.2 Å². The Kier molecular flexibility index (Phi) is 3.75. The van der Waals surface area contributed by atoms with E-state index in [0.29, 0.717) is 23.0 Å². The van der Waals surface area contributed by atoms with E-state index in [4.69, 9.17) is 10.9 Å². The van der Waals surface area contributed by atoms with E-state index >= 15 is 0 Å². The van der Waals surface area contributed by atoms with E-state index in [0.717, 1.165) is 6.42 Å². The second kappa shape index (κ2) is 5.16. The Labute approximate surface area is 117 Å². The monoisotopic (exact) mass is 329 g/mol. The van der Waals surface area contributed by atoms with Crippen molar-refractivity contribution in [3.63, 3.8) is 0 Å². The molecule has 5 nitrogen and oxygen atoms in total. The van der Waals surface area contributed by atoms with Crippen molar-refractivity contribution in [2.24, 2.45) is 16.3 Å². The second-order valence-electron chi connectivity index (χ2n) is 4.50. The smallest absolute Gasteiger partial charge is 0.238 e. The van der Waals surface area contributed by atoms with Crippen molar-refractivity contribution in [3.05, 3.63) is 28.5 Å². The molecule has 0 heterocycles. The predicted molar refractivity (Wildman–Crippen MR) is 72.4 cm³/mol. The maximum atomic E-state index is 13.0. The van der Waals surface area contributed by atoms with Crippen molar-refractivity contribution in [1.29, 1.82) is 0 Å². The van der Waals surface area contributed by atoms with Crippen LogP contribution in [-0.2, 0) is 4.79 Å². The highest BCUT2D eigenvalue weighted by molar-refractivity contribution is 9.10. The molecule has 0 atom stereocenters. The minimum atomic E-state index is -0.956. The molecule has 0 spiro atoms. The molecule has 1 aliphatic rings. The van der Waals surface area contributed by atoms with Gasteiger partial charge in [-0.25, -0.2) is 4.39 Å². The number of carbonyl (C=O) groups excluding carboxylic acids is 1. The summed E-state index contributed by atoms with van der Waals surface area (Å²) >= 11 is 3.17. The first kappa shape index (κ1) is 13.8. The molecule has 0 saturated heterocycles. The Hall–Kier alpha value is -1.63. The fourth-order valence-electron chi connectivity index (χ4n) is 2.06. The van der Waals surface area contributed by atoms with Crippen LogP contribution in [0.3, 0.4) is 0 Å². The van der Waals surface area contributed by atoms with E-state index in [9.17, 15) is 9.18 Å². The molecule has 0 aliphatic heterocycles. The van der Waals surface area contributed by atoms with Gasteiger partial charge in [0.1, 0.15) is 11.2 Å². The van der Waals surface area contributed by atoms with E-state index in [1.807, 2.05) is 0 Å². The molecule has 1 aromatic rings. The van der Waals surface area contributed by atoms with Gasteiger partial charge in [-0.1, -0.05) is 11.6 Å². The maximum absolute atomic E-state index is 13.0. The molecule has 19 heavy (non-hydrogen) atoms. The summed E-state index contributed by atoms with van der Waals surface area (Å²) in [5, 5.41) is 14.4. The second-order valence-corrected chi connectivity index (χ2v) is 5.35. The molecule has 1 aliphatic carbocycles. The van der Waals surface area contributed by atoms with Crippen LogP contribution < -0.4 is 11.1 Å². The highest BCUT2D eigenvalue weighted by Gasteiger charge is 2.48. The standard InChI is InChI=1S/C12H13BrFN3O2/c13-8-6-7(14)2-3-9(8)16-11(18)12(4-1-5-12)10(15)17-19/h2-3,6,19H,1,4-5H2,(H2,15,17)(H,16,18). The molecular weight excluding hydrogens is 317 g/mol. The Morgan fingerprint density at radius 2 is 2.21 bits per heavy atom. The lowest BCUT2D eigenvalue weighted by atomic mass is 9.67. The summed E-state index contributed by atoms with van der Waals surface area (Å²) in [6.07, 6.45) is 1.91. The summed E-state index contributed by atoms with van der Waals surface area (Å²) in [5.41, 5.74) is 5.09. The van der Waals surface area contributed by atoms with Gasteiger partial charge in [0.05, 0.1) is 5.69 Å². The number of hydrogen-bond donors (Lipinski definition) is 3. The van der Waals surface area contributed by atoms with Crippen molar-refractivity contribution in [1.82, 2.24) is 0 Å². The Balaban J connectivity index is 2.21. The van der Waals surface area contributed by atoms with E-state index in [2.05, 4.69) is 26.4 Å². The van der Waals surface area contributed by atoms with Crippen molar-refractivity contribution < 1.29 is 14.4 Å². The van der Waals surface area contributed by atoms with Gasteiger partial charge in [0, 0.05) is 4.47 Å². The summed E-state index contributed by atoms with van der Waals surface area (Å²) in [6.45, 7) is 0. The third-order valence-electron chi connectivity index (χ3n) is 3.42. The molecule has 0 bridgehead atoms. The zero-order valence-electron chi connectivity index (χ0n) is 9.99. The molecule has 1 amide bonds. The van der Waals surface area contributed by atoms with Gasteiger partial charge in [-0.3, -0.25) is 4.79 Å². The third kappa shape index (κ3) is 2.42. The number of amidine groups is 1. The number of benzene rings is 1. The summed E-state index contributed by atoms with van der Waals surface area (Å²) in [7, 11) is 0. The number of rotatable bonds is 3. The van der Waals surface area contributed by atoms with Gasteiger partial charge in [0.25, 0.3) is 0 Å². The van der Waals surface area contributed by atoms with Crippen molar-refractivity contribution >= 4 is 33.4 Å². The molecule has 0 unspecified atom stereocenters. The highest BCUT2D eigenvalue weighted by Crippen LogP contribution is 2.42. The van der Waals surface area contributed by atoms with Gasteiger partial charge >= 0.3 is 0 Å². The lowest BCUT2D eigenvalue weighted by Crippen LogP contribution is -2.51. The molecule has 1 aromatic carbocycles. The molecule has 0 radical (unpaired) electrons. The normalized spacial score (nSPS) is 17.7. The lowest BCUT2D eigenvalue weighted by Gasteiger charge is -2.38. The van der Waals surface area contributed by atoms with Gasteiger partial charge in [-0.2, -0.15) is 0 Å². The van der Waals surface area contributed by atoms with Gasteiger partial charge in [-0.05, 0) is 47.0 Å². The summed E-state index contributed by atoms with van der Waals surface area (Å²) in [6, 6.07) is 3.96. The topological polar surface area (TPSA) is 87.7 Å². The molecule has 4 N–H and O–H groups in total. The number of anilines is 1. The minimum absolute atomic E-state index is 0.0884. The third-order valence-corrected chi connectivity index (χ3v) is 4.08. The minimum Gasteiger partial charge on any atom is -0.409 e. The SMILES string of the molecule is N/C(=N/O)C1(C(=O)Nc2ccc(F)cc2Br)CCC1. The average molecular weight is 330 g/mol.